The molecular weight excluding hydrogens is 398 g/mol. The van der Waals surface area contributed by atoms with E-state index in [9.17, 15) is 14.4 Å². The van der Waals surface area contributed by atoms with E-state index < -0.39 is 23.8 Å². The van der Waals surface area contributed by atoms with E-state index in [-0.39, 0.29) is 18.3 Å². The number of allylic oxidation sites excluding steroid dienone is 3. The molecular formula is C24H29NO6. The van der Waals surface area contributed by atoms with Gasteiger partial charge >= 0.3 is 11.9 Å². The molecule has 7 heteroatoms. The van der Waals surface area contributed by atoms with Crippen LogP contribution in [0.2, 0.25) is 0 Å². The molecule has 1 aliphatic heterocycles. The molecule has 0 radical (unpaired) electrons. The first-order chi connectivity index (χ1) is 14.8. The van der Waals surface area contributed by atoms with Gasteiger partial charge in [0, 0.05) is 22.9 Å². The fraction of sp³-hybridized carbons (Fsp3) is 0.458. The third-order valence-electron chi connectivity index (χ3n) is 5.74. The highest BCUT2D eigenvalue weighted by Crippen LogP contribution is 2.45. The molecule has 1 heterocycles. The molecule has 3 rings (SSSR count). The SMILES string of the molecule is CCOC(=O)C1=C(C)NC2=C(C(=O)[C@H](C(=O)OC)[C@@H](C)C2)[C@@H]1c1cccc(OCC)c1. The van der Waals surface area contributed by atoms with Gasteiger partial charge in [0.1, 0.15) is 11.7 Å². The lowest BCUT2D eigenvalue weighted by molar-refractivity contribution is -0.151. The smallest absolute Gasteiger partial charge is 0.336 e. The molecule has 166 valence electrons. The van der Waals surface area contributed by atoms with Crippen LogP contribution in [-0.2, 0) is 23.9 Å². The molecule has 0 spiro atoms. The summed E-state index contributed by atoms with van der Waals surface area (Å²) in [6.07, 6.45) is 0.496. The Morgan fingerprint density at radius 2 is 1.94 bits per heavy atom. The molecule has 1 aromatic carbocycles. The molecule has 0 aromatic heterocycles. The summed E-state index contributed by atoms with van der Waals surface area (Å²) in [5.41, 5.74) is 2.88. The Morgan fingerprint density at radius 3 is 2.58 bits per heavy atom. The lowest BCUT2D eigenvalue weighted by Gasteiger charge is -2.38. The molecule has 2 aliphatic rings. The summed E-state index contributed by atoms with van der Waals surface area (Å²) < 4.78 is 15.9. The summed E-state index contributed by atoms with van der Waals surface area (Å²) in [4.78, 5) is 39.0. The Labute approximate surface area is 182 Å². The number of carbonyl (C=O) groups excluding carboxylic acids is 3. The average molecular weight is 427 g/mol. The number of hydrogen-bond acceptors (Lipinski definition) is 7. The number of dihydropyridines is 1. The maximum atomic E-state index is 13.6. The van der Waals surface area contributed by atoms with Gasteiger partial charge in [-0.25, -0.2) is 4.79 Å². The zero-order valence-corrected chi connectivity index (χ0v) is 18.6. The molecule has 0 saturated heterocycles. The number of nitrogens with one attached hydrogen (secondary N) is 1. The zero-order chi connectivity index (χ0) is 22.7. The fourth-order valence-electron chi connectivity index (χ4n) is 4.44. The normalized spacial score (nSPS) is 23.1. The Balaban J connectivity index is 2.19. The van der Waals surface area contributed by atoms with Crippen LogP contribution in [0, 0.1) is 11.8 Å². The summed E-state index contributed by atoms with van der Waals surface area (Å²) in [7, 11) is 1.28. The molecule has 1 N–H and O–H groups in total. The van der Waals surface area contributed by atoms with Crippen molar-refractivity contribution in [3.05, 3.63) is 52.4 Å². The van der Waals surface area contributed by atoms with Gasteiger partial charge in [0.15, 0.2) is 5.78 Å². The van der Waals surface area contributed by atoms with Crippen LogP contribution in [0.4, 0.5) is 0 Å². The zero-order valence-electron chi connectivity index (χ0n) is 18.6. The van der Waals surface area contributed by atoms with Crippen LogP contribution in [0.15, 0.2) is 46.8 Å². The molecule has 0 unspecified atom stereocenters. The second kappa shape index (κ2) is 9.37. The van der Waals surface area contributed by atoms with Crippen molar-refractivity contribution in [2.24, 2.45) is 11.8 Å². The lowest BCUT2D eigenvalue weighted by atomic mass is 9.69. The minimum atomic E-state index is -0.912. The Morgan fingerprint density at radius 1 is 1.19 bits per heavy atom. The molecule has 7 nitrogen and oxygen atoms in total. The number of hydrogen-bond donors (Lipinski definition) is 1. The summed E-state index contributed by atoms with van der Waals surface area (Å²) in [6, 6.07) is 7.34. The largest absolute Gasteiger partial charge is 0.494 e. The third kappa shape index (κ3) is 4.22. The predicted molar refractivity (Wildman–Crippen MR) is 114 cm³/mol. The molecule has 0 amide bonds. The van der Waals surface area contributed by atoms with Crippen LogP contribution in [-0.4, -0.2) is 38.0 Å². The van der Waals surface area contributed by atoms with Crippen molar-refractivity contribution in [2.45, 2.75) is 40.0 Å². The van der Waals surface area contributed by atoms with Crippen molar-refractivity contribution >= 4 is 17.7 Å². The van der Waals surface area contributed by atoms with Crippen molar-refractivity contribution < 1.29 is 28.6 Å². The van der Waals surface area contributed by atoms with Gasteiger partial charge in [-0.15, -0.1) is 0 Å². The highest BCUT2D eigenvalue weighted by Gasteiger charge is 2.47. The van der Waals surface area contributed by atoms with Crippen LogP contribution in [0.5, 0.6) is 5.75 Å². The van der Waals surface area contributed by atoms with Crippen LogP contribution >= 0.6 is 0 Å². The maximum Gasteiger partial charge on any atom is 0.336 e. The molecule has 0 bridgehead atoms. The van der Waals surface area contributed by atoms with E-state index in [1.165, 1.54) is 7.11 Å². The van der Waals surface area contributed by atoms with E-state index in [0.717, 1.165) is 11.3 Å². The van der Waals surface area contributed by atoms with Crippen molar-refractivity contribution in [1.82, 2.24) is 5.32 Å². The van der Waals surface area contributed by atoms with E-state index >= 15 is 0 Å². The van der Waals surface area contributed by atoms with E-state index in [4.69, 9.17) is 14.2 Å². The van der Waals surface area contributed by atoms with Gasteiger partial charge in [-0.2, -0.15) is 0 Å². The first-order valence-corrected chi connectivity index (χ1v) is 10.6. The number of carbonyl (C=O) groups is 3. The maximum absolute atomic E-state index is 13.6. The van der Waals surface area contributed by atoms with Gasteiger partial charge in [0.2, 0.25) is 0 Å². The highest BCUT2D eigenvalue weighted by atomic mass is 16.5. The molecule has 0 fully saturated rings. The fourth-order valence-corrected chi connectivity index (χ4v) is 4.44. The summed E-state index contributed by atoms with van der Waals surface area (Å²) in [5.74, 6) is -2.54. The summed E-state index contributed by atoms with van der Waals surface area (Å²) >= 11 is 0. The summed E-state index contributed by atoms with van der Waals surface area (Å²) in [6.45, 7) is 7.98. The Hall–Kier alpha value is -3.09. The monoisotopic (exact) mass is 427 g/mol. The second-order valence-electron chi connectivity index (χ2n) is 7.76. The first-order valence-electron chi connectivity index (χ1n) is 10.6. The second-order valence-corrected chi connectivity index (χ2v) is 7.76. The van der Waals surface area contributed by atoms with Crippen LogP contribution in [0.25, 0.3) is 0 Å². The van der Waals surface area contributed by atoms with Crippen LogP contribution in [0.3, 0.4) is 0 Å². The number of esters is 2. The van der Waals surface area contributed by atoms with Gasteiger partial charge in [-0.3, -0.25) is 9.59 Å². The van der Waals surface area contributed by atoms with Crippen LogP contribution < -0.4 is 10.1 Å². The van der Waals surface area contributed by atoms with Crippen molar-refractivity contribution in [1.29, 1.82) is 0 Å². The Bertz CT molecular complexity index is 961. The predicted octanol–water partition coefficient (Wildman–Crippen LogP) is 3.26. The first kappa shape index (κ1) is 22.6. The average Bonchev–Trinajstić information content (AvgIpc) is 2.73. The molecule has 0 saturated carbocycles. The minimum absolute atomic E-state index is 0.211. The van der Waals surface area contributed by atoms with Gasteiger partial charge in [-0.1, -0.05) is 19.1 Å². The number of Topliss-reactive ketones (excluding diaryl/α,β-unsaturated/α-hetero) is 1. The quantitative estimate of drug-likeness (QED) is 0.550. The number of ether oxygens (including phenoxy) is 3. The molecule has 31 heavy (non-hydrogen) atoms. The highest BCUT2D eigenvalue weighted by molar-refractivity contribution is 6.12. The minimum Gasteiger partial charge on any atom is -0.494 e. The van der Waals surface area contributed by atoms with Crippen molar-refractivity contribution in [2.75, 3.05) is 20.3 Å². The third-order valence-corrected chi connectivity index (χ3v) is 5.74. The molecule has 3 atom stereocenters. The van der Waals surface area contributed by atoms with Crippen molar-refractivity contribution in [3.8, 4) is 5.75 Å². The van der Waals surface area contributed by atoms with E-state index in [2.05, 4.69) is 5.32 Å². The van der Waals surface area contributed by atoms with E-state index in [1.807, 2.05) is 38.1 Å². The van der Waals surface area contributed by atoms with E-state index in [1.54, 1.807) is 13.8 Å². The standard InChI is InChI=1S/C24H29NO6/c1-6-30-16-10-8-9-15(12-16)20-19(24(28)31-7-2)14(4)25-17-11-13(3)18(23(27)29-5)22(26)21(17)20/h8-10,12-13,18,20,25H,6-7,11H2,1-5H3/t13-,18+,20+/m0/s1. The van der Waals surface area contributed by atoms with Gasteiger partial charge < -0.3 is 19.5 Å². The molecule has 1 aliphatic carbocycles. The van der Waals surface area contributed by atoms with Gasteiger partial charge in [0.25, 0.3) is 0 Å². The topological polar surface area (TPSA) is 90.9 Å². The van der Waals surface area contributed by atoms with E-state index in [0.29, 0.717) is 35.6 Å². The van der Waals surface area contributed by atoms with Gasteiger partial charge in [-0.05, 0) is 50.8 Å². The van der Waals surface area contributed by atoms with Crippen molar-refractivity contribution in [3.63, 3.8) is 0 Å². The number of ketones is 1. The Kier molecular flexibility index (Phi) is 6.83. The number of benzene rings is 1. The van der Waals surface area contributed by atoms with Crippen LogP contribution in [0.1, 0.15) is 45.6 Å². The summed E-state index contributed by atoms with van der Waals surface area (Å²) in [5, 5.41) is 3.24. The van der Waals surface area contributed by atoms with Gasteiger partial charge in [0.05, 0.1) is 25.9 Å². The lowest BCUT2D eigenvalue weighted by Crippen LogP contribution is -2.43. The number of rotatable bonds is 6. The number of methoxy groups -OCH3 is 1. The molecule has 1 aromatic rings.